The van der Waals surface area contributed by atoms with Crippen LogP contribution >= 0.6 is 0 Å². The molecule has 8 heteroatoms. The first-order valence-electron chi connectivity index (χ1n) is 9.13. The molecule has 0 heterocycles. The maximum Gasteiger partial charge on any atom is 0.251 e. The van der Waals surface area contributed by atoms with Crippen LogP contribution in [0, 0.1) is 11.6 Å². The minimum atomic E-state index is -3.62. The fourth-order valence-corrected chi connectivity index (χ4v) is 3.75. The molecule has 1 amide bonds. The van der Waals surface area contributed by atoms with Gasteiger partial charge in [0.25, 0.3) is 5.91 Å². The fourth-order valence-electron chi connectivity index (χ4n) is 3.02. The zero-order valence-corrected chi connectivity index (χ0v) is 16.9. The van der Waals surface area contributed by atoms with E-state index in [-0.39, 0.29) is 16.9 Å². The van der Waals surface area contributed by atoms with Crippen molar-refractivity contribution in [2.24, 2.45) is 0 Å². The third-order valence-corrected chi connectivity index (χ3v) is 6.01. The summed E-state index contributed by atoms with van der Waals surface area (Å²) in [5, 5.41) is 2.82. The molecule has 0 aliphatic rings. The Bertz CT molecular complexity index is 1150. The summed E-state index contributed by atoms with van der Waals surface area (Å²) in [7, 11) is -2.32. The van der Waals surface area contributed by atoms with Crippen LogP contribution in [-0.4, -0.2) is 21.4 Å². The molecule has 1 unspecified atom stereocenters. The topological polar surface area (TPSA) is 75.3 Å². The SMILES string of the molecule is CNS(=O)(=O)c1ccc(C(=O)NC(Cc2cccc(F)c2)c2cccc(F)c2)cc1. The van der Waals surface area contributed by atoms with E-state index >= 15 is 0 Å². The number of carbonyl (C=O) groups excluding carboxylic acids is 1. The van der Waals surface area contributed by atoms with Gasteiger partial charge in [-0.15, -0.1) is 0 Å². The van der Waals surface area contributed by atoms with Gasteiger partial charge in [-0.2, -0.15) is 0 Å². The molecular formula is C22H20F2N2O3S. The number of hydrogen-bond acceptors (Lipinski definition) is 3. The number of hydrogen-bond donors (Lipinski definition) is 2. The number of sulfonamides is 1. The number of benzene rings is 3. The molecule has 0 aliphatic heterocycles. The predicted molar refractivity (Wildman–Crippen MR) is 109 cm³/mol. The molecular weight excluding hydrogens is 410 g/mol. The van der Waals surface area contributed by atoms with E-state index in [1.165, 1.54) is 61.6 Å². The van der Waals surface area contributed by atoms with Crippen LogP contribution in [0.2, 0.25) is 0 Å². The van der Waals surface area contributed by atoms with Crippen LogP contribution in [-0.2, 0) is 16.4 Å². The number of rotatable bonds is 7. The predicted octanol–water partition coefficient (Wildman–Crippen LogP) is 3.59. The lowest BCUT2D eigenvalue weighted by Crippen LogP contribution is -2.30. The Kier molecular flexibility index (Phi) is 6.59. The first-order valence-corrected chi connectivity index (χ1v) is 10.6. The van der Waals surface area contributed by atoms with Gasteiger partial charge in [-0.25, -0.2) is 21.9 Å². The highest BCUT2D eigenvalue weighted by Crippen LogP contribution is 2.21. The summed E-state index contributed by atoms with van der Waals surface area (Å²) < 4.78 is 53.2. The van der Waals surface area contributed by atoms with Gasteiger partial charge in [-0.3, -0.25) is 4.79 Å². The molecule has 3 rings (SSSR count). The van der Waals surface area contributed by atoms with Crippen molar-refractivity contribution in [1.29, 1.82) is 0 Å². The molecule has 0 spiro atoms. The summed E-state index contributed by atoms with van der Waals surface area (Å²) in [6.07, 6.45) is 0.249. The number of nitrogens with one attached hydrogen (secondary N) is 2. The van der Waals surface area contributed by atoms with E-state index in [1.807, 2.05) is 0 Å². The van der Waals surface area contributed by atoms with Crippen LogP contribution in [0.4, 0.5) is 8.78 Å². The lowest BCUT2D eigenvalue weighted by molar-refractivity contribution is 0.0936. The molecule has 0 aliphatic carbocycles. The highest BCUT2D eigenvalue weighted by atomic mass is 32.2. The van der Waals surface area contributed by atoms with Crippen molar-refractivity contribution in [3.05, 3.63) is 101 Å². The summed E-state index contributed by atoms with van der Waals surface area (Å²) in [5.41, 5.74) is 1.41. The molecule has 30 heavy (non-hydrogen) atoms. The first-order chi connectivity index (χ1) is 14.3. The average molecular weight is 430 g/mol. The van der Waals surface area contributed by atoms with Crippen LogP contribution in [0.5, 0.6) is 0 Å². The Labute approximate surface area is 173 Å². The Morgan fingerprint density at radius 3 is 2.17 bits per heavy atom. The standard InChI is InChI=1S/C22H20F2N2O3S/c1-25-30(28,29)20-10-8-16(9-11-20)22(27)26-21(17-5-3-7-19(24)14-17)13-15-4-2-6-18(23)12-15/h2-12,14,21,25H,13H2,1H3,(H,26,27). The Hall–Kier alpha value is -3.10. The Morgan fingerprint density at radius 2 is 1.57 bits per heavy atom. The van der Waals surface area contributed by atoms with Crippen molar-refractivity contribution in [2.45, 2.75) is 17.4 Å². The Morgan fingerprint density at radius 1 is 0.933 bits per heavy atom. The van der Waals surface area contributed by atoms with E-state index in [9.17, 15) is 22.0 Å². The summed E-state index contributed by atoms with van der Waals surface area (Å²) in [6.45, 7) is 0. The van der Waals surface area contributed by atoms with Crippen LogP contribution in [0.15, 0.2) is 77.7 Å². The van der Waals surface area contributed by atoms with Crippen molar-refractivity contribution in [1.82, 2.24) is 10.0 Å². The summed E-state index contributed by atoms with van der Waals surface area (Å²) in [6, 6.07) is 16.6. The van der Waals surface area contributed by atoms with E-state index < -0.39 is 33.6 Å². The molecule has 1 atom stereocenters. The third kappa shape index (κ3) is 5.28. The average Bonchev–Trinajstić information content (AvgIpc) is 2.73. The van der Waals surface area contributed by atoms with Crippen LogP contribution in [0.25, 0.3) is 0 Å². The summed E-state index contributed by atoms with van der Waals surface area (Å²) in [5.74, 6) is -1.32. The van der Waals surface area contributed by atoms with Gasteiger partial charge in [0.15, 0.2) is 0 Å². The minimum Gasteiger partial charge on any atom is -0.345 e. The zero-order chi connectivity index (χ0) is 21.7. The molecule has 0 radical (unpaired) electrons. The van der Waals surface area contributed by atoms with Crippen molar-refractivity contribution in [3.63, 3.8) is 0 Å². The smallest absolute Gasteiger partial charge is 0.251 e. The van der Waals surface area contributed by atoms with Gasteiger partial charge in [0.05, 0.1) is 10.9 Å². The molecule has 0 aromatic heterocycles. The van der Waals surface area contributed by atoms with Gasteiger partial charge in [-0.05, 0) is 73.1 Å². The normalized spacial score (nSPS) is 12.4. The zero-order valence-electron chi connectivity index (χ0n) is 16.1. The molecule has 5 nitrogen and oxygen atoms in total. The number of halogens is 2. The van der Waals surface area contributed by atoms with Crippen molar-refractivity contribution in [3.8, 4) is 0 Å². The second kappa shape index (κ2) is 9.15. The number of amides is 1. The van der Waals surface area contributed by atoms with Crippen molar-refractivity contribution < 1.29 is 22.0 Å². The maximum absolute atomic E-state index is 13.7. The van der Waals surface area contributed by atoms with Crippen molar-refractivity contribution in [2.75, 3.05) is 7.05 Å². The molecule has 3 aromatic carbocycles. The van der Waals surface area contributed by atoms with Crippen LogP contribution in [0.3, 0.4) is 0 Å². The summed E-state index contributed by atoms with van der Waals surface area (Å²) in [4.78, 5) is 12.8. The lowest BCUT2D eigenvalue weighted by Gasteiger charge is -2.20. The van der Waals surface area contributed by atoms with Gasteiger partial charge >= 0.3 is 0 Å². The van der Waals surface area contributed by atoms with Gasteiger partial charge in [0.2, 0.25) is 10.0 Å². The second-order valence-corrected chi connectivity index (χ2v) is 8.53. The molecule has 0 saturated heterocycles. The van der Waals surface area contributed by atoms with E-state index in [1.54, 1.807) is 18.2 Å². The monoisotopic (exact) mass is 430 g/mol. The van der Waals surface area contributed by atoms with Crippen LogP contribution < -0.4 is 10.0 Å². The lowest BCUT2D eigenvalue weighted by atomic mass is 9.98. The van der Waals surface area contributed by atoms with Crippen molar-refractivity contribution >= 4 is 15.9 Å². The maximum atomic E-state index is 13.7. The van der Waals surface area contributed by atoms with Gasteiger partial charge in [0.1, 0.15) is 11.6 Å². The van der Waals surface area contributed by atoms with E-state index in [0.717, 1.165) is 0 Å². The quantitative estimate of drug-likeness (QED) is 0.602. The highest BCUT2D eigenvalue weighted by Gasteiger charge is 2.18. The first kappa shape index (κ1) is 21.6. The van der Waals surface area contributed by atoms with Gasteiger partial charge in [-0.1, -0.05) is 24.3 Å². The summed E-state index contributed by atoms with van der Waals surface area (Å²) >= 11 is 0. The van der Waals surface area contributed by atoms with E-state index in [4.69, 9.17) is 0 Å². The van der Waals surface area contributed by atoms with E-state index in [2.05, 4.69) is 10.0 Å². The second-order valence-electron chi connectivity index (χ2n) is 6.65. The van der Waals surface area contributed by atoms with Gasteiger partial charge in [0, 0.05) is 5.56 Å². The molecule has 156 valence electrons. The van der Waals surface area contributed by atoms with Gasteiger partial charge < -0.3 is 5.32 Å². The Balaban J connectivity index is 1.86. The van der Waals surface area contributed by atoms with E-state index in [0.29, 0.717) is 11.1 Å². The molecule has 3 aromatic rings. The molecule has 0 saturated carbocycles. The highest BCUT2D eigenvalue weighted by molar-refractivity contribution is 7.89. The van der Waals surface area contributed by atoms with Crippen LogP contribution in [0.1, 0.15) is 27.5 Å². The molecule has 0 fully saturated rings. The fraction of sp³-hybridized carbons (Fsp3) is 0.136. The number of carbonyl (C=O) groups is 1. The minimum absolute atomic E-state index is 0.0305. The third-order valence-electron chi connectivity index (χ3n) is 4.58. The largest absolute Gasteiger partial charge is 0.345 e. The molecule has 0 bridgehead atoms. The molecule has 2 N–H and O–H groups in total.